The zero-order valence-corrected chi connectivity index (χ0v) is 9.21. The van der Waals surface area contributed by atoms with Gasteiger partial charge in [0.1, 0.15) is 5.82 Å². The SMILES string of the molecule is Fc1ccccc1C1OCCCC1CCl. The Morgan fingerprint density at radius 3 is 2.93 bits per heavy atom. The van der Waals surface area contributed by atoms with E-state index >= 15 is 0 Å². The monoisotopic (exact) mass is 228 g/mol. The molecule has 1 aliphatic rings. The Morgan fingerprint density at radius 1 is 1.40 bits per heavy atom. The van der Waals surface area contributed by atoms with Gasteiger partial charge in [-0.25, -0.2) is 4.39 Å². The van der Waals surface area contributed by atoms with E-state index in [4.69, 9.17) is 16.3 Å². The minimum absolute atomic E-state index is 0.169. The van der Waals surface area contributed by atoms with E-state index in [1.165, 1.54) is 6.07 Å². The van der Waals surface area contributed by atoms with Gasteiger partial charge in [-0.05, 0) is 18.9 Å². The molecule has 0 bridgehead atoms. The number of hydrogen-bond donors (Lipinski definition) is 0. The summed E-state index contributed by atoms with van der Waals surface area (Å²) < 4.78 is 19.2. The van der Waals surface area contributed by atoms with Crippen molar-refractivity contribution in [3.63, 3.8) is 0 Å². The summed E-state index contributed by atoms with van der Waals surface area (Å²) in [5.41, 5.74) is 0.642. The molecule has 3 heteroatoms. The molecule has 0 saturated carbocycles. The molecule has 2 rings (SSSR count). The van der Waals surface area contributed by atoms with Crippen molar-refractivity contribution in [2.24, 2.45) is 5.92 Å². The Hall–Kier alpha value is -0.600. The quantitative estimate of drug-likeness (QED) is 0.704. The van der Waals surface area contributed by atoms with Crippen LogP contribution < -0.4 is 0 Å². The first kappa shape index (κ1) is 10.9. The van der Waals surface area contributed by atoms with Gasteiger partial charge in [0.25, 0.3) is 0 Å². The molecule has 82 valence electrons. The molecule has 0 radical (unpaired) electrons. The van der Waals surface area contributed by atoms with Gasteiger partial charge < -0.3 is 4.74 Å². The lowest BCUT2D eigenvalue weighted by atomic mass is 9.91. The highest BCUT2D eigenvalue weighted by atomic mass is 35.5. The molecule has 1 nitrogen and oxygen atoms in total. The number of hydrogen-bond acceptors (Lipinski definition) is 1. The van der Waals surface area contributed by atoms with Crippen LogP contribution in [0.15, 0.2) is 24.3 Å². The molecule has 0 amide bonds. The number of benzene rings is 1. The van der Waals surface area contributed by atoms with Crippen LogP contribution in [-0.2, 0) is 4.74 Å². The molecule has 2 unspecified atom stereocenters. The Morgan fingerprint density at radius 2 is 2.20 bits per heavy atom. The van der Waals surface area contributed by atoms with Crippen molar-refractivity contribution in [3.8, 4) is 0 Å². The van der Waals surface area contributed by atoms with E-state index in [9.17, 15) is 4.39 Å². The molecular weight excluding hydrogens is 215 g/mol. The summed E-state index contributed by atoms with van der Waals surface area (Å²) >= 11 is 5.87. The fourth-order valence-electron chi connectivity index (χ4n) is 2.05. The molecular formula is C12H14ClFO. The molecule has 15 heavy (non-hydrogen) atoms. The maximum Gasteiger partial charge on any atom is 0.129 e. The predicted molar refractivity (Wildman–Crippen MR) is 58.5 cm³/mol. The molecule has 1 fully saturated rings. The molecule has 0 spiro atoms. The lowest BCUT2D eigenvalue weighted by molar-refractivity contribution is -0.0227. The lowest BCUT2D eigenvalue weighted by Gasteiger charge is -2.30. The number of halogens is 2. The van der Waals surface area contributed by atoms with Crippen LogP contribution in [0.3, 0.4) is 0 Å². The Bertz CT molecular complexity index is 329. The van der Waals surface area contributed by atoms with Crippen LogP contribution in [0.4, 0.5) is 4.39 Å². The summed E-state index contributed by atoms with van der Waals surface area (Å²) in [5, 5.41) is 0. The van der Waals surface area contributed by atoms with Crippen LogP contribution in [0.5, 0.6) is 0 Å². The van der Waals surface area contributed by atoms with E-state index in [1.807, 2.05) is 6.07 Å². The second-order valence-electron chi connectivity index (χ2n) is 3.87. The standard InChI is InChI=1S/C12H14ClFO/c13-8-9-4-3-7-15-12(9)10-5-1-2-6-11(10)14/h1-2,5-6,9,12H,3-4,7-8H2. The first-order valence-corrected chi connectivity index (χ1v) is 5.78. The van der Waals surface area contributed by atoms with Crippen LogP contribution in [0.2, 0.25) is 0 Å². The molecule has 0 N–H and O–H groups in total. The smallest absolute Gasteiger partial charge is 0.129 e. The van der Waals surface area contributed by atoms with Crippen LogP contribution in [0, 0.1) is 11.7 Å². The second-order valence-corrected chi connectivity index (χ2v) is 4.18. The van der Waals surface area contributed by atoms with Crippen molar-refractivity contribution in [2.45, 2.75) is 18.9 Å². The molecule has 1 aromatic carbocycles. The fraction of sp³-hybridized carbons (Fsp3) is 0.500. The van der Waals surface area contributed by atoms with Crippen LogP contribution >= 0.6 is 11.6 Å². The molecule has 0 aliphatic carbocycles. The fourth-order valence-corrected chi connectivity index (χ4v) is 2.37. The number of alkyl halides is 1. The highest BCUT2D eigenvalue weighted by Gasteiger charge is 2.28. The van der Waals surface area contributed by atoms with Gasteiger partial charge in [0.15, 0.2) is 0 Å². The van der Waals surface area contributed by atoms with Crippen molar-refractivity contribution in [1.29, 1.82) is 0 Å². The maximum absolute atomic E-state index is 13.6. The van der Waals surface area contributed by atoms with Gasteiger partial charge in [0.05, 0.1) is 6.10 Å². The van der Waals surface area contributed by atoms with Crippen LogP contribution in [-0.4, -0.2) is 12.5 Å². The maximum atomic E-state index is 13.6. The Kier molecular flexibility index (Phi) is 3.60. The van der Waals surface area contributed by atoms with Crippen LogP contribution in [0.1, 0.15) is 24.5 Å². The molecule has 1 aromatic rings. The summed E-state index contributed by atoms with van der Waals surface area (Å²) in [6.07, 6.45) is 1.86. The van der Waals surface area contributed by atoms with E-state index < -0.39 is 0 Å². The highest BCUT2D eigenvalue weighted by molar-refractivity contribution is 6.18. The van der Waals surface area contributed by atoms with E-state index in [-0.39, 0.29) is 17.8 Å². The Balaban J connectivity index is 2.24. The minimum Gasteiger partial charge on any atom is -0.373 e. The first-order chi connectivity index (χ1) is 7.33. The predicted octanol–water partition coefficient (Wildman–Crippen LogP) is 3.53. The zero-order valence-electron chi connectivity index (χ0n) is 8.46. The lowest BCUT2D eigenvalue weighted by Crippen LogP contribution is -2.24. The topological polar surface area (TPSA) is 9.23 Å². The van der Waals surface area contributed by atoms with Crippen molar-refractivity contribution in [3.05, 3.63) is 35.6 Å². The van der Waals surface area contributed by atoms with Gasteiger partial charge in [-0.1, -0.05) is 18.2 Å². The summed E-state index contributed by atoms with van der Waals surface area (Å²) in [5.74, 6) is 0.566. The van der Waals surface area contributed by atoms with E-state index in [0.717, 1.165) is 12.8 Å². The molecule has 1 aliphatic heterocycles. The van der Waals surface area contributed by atoms with E-state index in [2.05, 4.69) is 0 Å². The number of ether oxygens (including phenoxy) is 1. The average molecular weight is 229 g/mol. The first-order valence-electron chi connectivity index (χ1n) is 5.25. The van der Waals surface area contributed by atoms with Crippen molar-refractivity contribution in [2.75, 3.05) is 12.5 Å². The highest BCUT2D eigenvalue weighted by Crippen LogP contribution is 2.35. The van der Waals surface area contributed by atoms with Crippen molar-refractivity contribution in [1.82, 2.24) is 0 Å². The van der Waals surface area contributed by atoms with E-state index in [1.54, 1.807) is 12.1 Å². The summed E-state index contributed by atoms with van der Waals surface area (Å²) in [7, 11) is 0. The van der Waals surface area contributed by atoms with Gasteiger partial charge >= 0.3 is 0 Å². The van der Waals surface area contributed by atoms with Crippen molar-refractivity contribution < 1.29 is 9.13 Å². The zero-order chi connectivity index (χ0) is 10.7. The average Bonchev–Trinajstić information content (AvgIpc) is 2.30. The van der Waals surface area contributed by atoms with Gasteiger partial charge in [-0.2, -0.15) is 0 Å². The van der Waals surface area contributed by atoms with E-state index in [0.29, 0.717) is 18.1 Å². The van der Waals surface area contributed by atoms with Gasteiger partial charge in [-0.15, -0.1) is 11.6 Å². The largest absolute Gasteiger partial charge is 0.373 e. The molecule has 1 saturated heterocycles. The third-order valence-corrected chi connectivity index (χ3v) is 3.25. The Labute approximate surface area is 94.2 Å². The molecule has 2 atom stereocenters. The number of rotatable bonds is 2. The van der Waals surface area contributed by atoms with Gasteiger partial charge in [0.2, 0.25) is 0 Å². The third kappa shape index (κ3) is 2.32. The van der Waals surface area contributed by atoms with Crippen molar-refractivity contribution >= 4 is 11.6 Å². The minimum atomic E-state index is -0.195. The summed E-state index contributed by atoms with van der Waals surface area (Å²) in [6, 6.07) is 6.78. The van der Waals surface area contributed by atoms with Crippen LogP contribution in [0.25, 0.3) is 0 Å². The summed E-state index contributed by atoms with van der Waals surface area (Å²) in [4.78, 5) is 0. The molecule has 1 heterocycles. The third-order valence-electron chi connectivity index (χ3n) is 2.85. The summed E-state index contributed by atoms with van der Waals surface area (Å²) in [6.45, 7) is 0.701. The van der Waals surface area contributed by atoms with Gasteiger partial charge in [-0.3, -0.25) is 0 Å². The second kappa shape index (κ2) is 4.95. The normalized spacial score (nSPS) is 26.5. The molecule has 0 aromatic heterocycles. The van der Waals surface area contributed by atoms with Gasteiger partial charge in [0, 0.05) is 24.0 Å².